The molecule has 3 aromatic heterocycles. The topological polar surface area (TPSA) is 108 Å². The van der Waals surface area contributed by atoms with Crippen molar-refractivity contribution in [1.82, 2.24) is 0 Å². The molecule has 1 amide bonds. The number of carbonyl (C=O) groups excluding carboxylic acids is 2. The summed E-state index contributed by atoms with van der Waals surface area (Å²) in [5, 5.41) is 3.57. The van der Waals surface area contributed by atoms with Crippen LogP contribution in [0.3, 0.4) is 0 Å². The van der Waals surface area contributed by atoms with Crippen molar-refractivity contribution >= 4 is 39.2 Å². The number of fused-ring (bicyclic) bond motifs is 2. The van der Waals surface area contributed by atoms with Gasteiger partial charge in [-0.1, -0.05) is 19.1 Å². The molecule has 0 spiro atoms. The van der Waals surface area contributed by atoms with E-state index in [4.69, 9.17) is 18.3 Å². The lowest BCUT2D eigenvalue weighted by Gasteiger charge is -2.18. The number of esters is 1. The van der Waals surface area contributed by atoms with E-state index < -0.39 is 23.9 Å². The van der Waals surface area contributed by atoms with Gasteiger partial charge in [-0.05, 0) is 61.9 Å². The van der Waals surface area contributed by atoms with E-state index in [0.29, 0.717) is 33.2 Å². The Balaban J connectivity index is 1.42. The molecule has 1 aromatic carbocycles. The number of amides is 1. The van der Waals surface area contributed by atoms with Gasteiger partial charge < -0.3 is 23.6 Å². The molecule has 36 heavy (non-hydrogen) atoms. The van der Waals surface area contributed by atoms with Gasteiger partial charge in [0.1, 0.15) is 10.6 Å². The monoisotopic (exact) mass is 507 g/mol. The number of nitrogens with one attached hydrogen (secondary N) is 1. The summed E-state index contributed by atoms with van der Waals surface area (Å²) in [6.07, 6.45) is 4.04. The average molecular weight is 508 g/mol. The first kappa shape index (κ1) is 23.9. The maximum Gasteiger partial charge on any atom is 0.341 e. The lowest BCUT2D eigenvalue weighted by Crippen LogP contribution is -2.23. The third-order valence-electron chi connectivity index (χ3n) is 6.09. The van der Waals surface area contributed by atoms with Crippen molar-refractivity contribution in [2.45, 2.75) is 33.1 Å². The van der Waals surface area contributed by atoms with E-state index in [9.17, 15) is 14.4 Å². The summed E-state index contributed by atoms with van der Waals surface area (Å²) < 4.78 is 22.3. The Hall–Kier alpha value is -3.85. The van der Waals surface area contributed by atoms with Crippen molar-refractivity contribution in [3.8, 4) is 17.3 Å². The van der Waals surface area contributed by atoms with Gasteiger partial charge in [0.2, 0.25) is 16.9 Å². The van der Waals surface area contributed by atoms with Crippen LogP contribution in [0.25, 0.3) is 22.5 Å². The van der Waals surface area contributed by atoms with Crippen LogP contribution in [0.1, 0.15) is 41.1 Å². The molecule has 5 rings (SSSR count). The number of anilines is 1. The quantitative estimate of drug-likeness (QED) is 0.332. The lowest BCUT2D eigenvalue weighted by molar-refractivity contribution is -0.118. The zero-order chi connectivity index (χ0) is 25.2. The first-order valence-corrected chi connectivity index (χ1v) is 12.6. The average Bonchev–Trinajstić information content (AvgIpc) is 3.51. The van der Waals surface area contributed by atoms with Crippen molar-refractivity contribution in [3.05, 3.63) is 68.9 Å². The normalized spacial score (nSPS) is 14.9. The molecular weight excluding hydrogens is 482 g/mol. The molecule has 8 nitrogen and oxygen atoms in total. The van der Waals surface area contributed by atoms with E-state index in [1.54, 1.807) is 43.3 Å². The molecule has 4 aromatic rings. The Morgan fingerprint density at radius 1 is 1.19 bits per heavy atom. The number of thiophene rings is 1. The molecule has 0 aliphatic heterocycles. The number of carbonyl (C=O) groups is 2. The summed E-state index contributed by atoms with van der Waals surface area (Å²) >= 11 is 1.39. The Kier molecular flexibility index (Phi) is 6.65. The molecule has 0 saturated carbocycles. The Morgan fingerprint density at radius 2 is 2.03 bits per heavy atom. The molecule has 0 radical (unpaired) electrons. The standard InChI is InChI=1S/C27H25NO7S/c1-3-32-27(31)22-17-11-10-15(2)13-20(17)36-26(22)28-21(29)14-34-25-23(30)16-7-4-5-8-18(16)35-24(25)19-9-6-12-33-19/h4-9,12,15H,3,10-11,13-14H2,1-2H3,(H,28,29)/t15-/m0/s1. The molecule has 0 unspecified atom stereocenters. The minimum absolute atomic E-state index is 0.101. The van der Waals surface area contributed by atoms with E-state index in [2.05, 4.69) is 12.2 Å². The molecule has 1 atom stereocenters. The highest BCUT2D eigenvalue weighted by atomic mass is 32.1. The number of para-hydroxylation sites is 1. The highest BCUT2D eigenvalue weighted by Crippen LogP contribution is 2.40. The summed E-state index contributed by atoms with van der Waals surface area (Å²) in [6, 6.07) is 10.1. The van der Waals surface area contributed by atoms with Crippen molar-refractivity contribution < 1.29 is 27.9 Å². The highest BCUT2D eigenvalue weighted by molar-refractivity contribution is 7.17. The maximum absolute atomic E-state index is 13.2. The van der Waals surface area contributed by atoms with Crippen LogP contribution in [0.2, 0.25) is 0 Å². The van der Waals surface area contributed by atoms with E-state index in [-0.39, 0.29) is 18.1 Å². The molecular formula is C27H25NO7S. The van der Waals surface area contributed by atoms with Crippen LogP contribution in [-0.4, -0.2) is 25.1 Å². The minimum atomic E-state index is -0.509. The smallest absolute Gasteiger partial charge is 0.341 e. The largest absolute Gasteiger partial charge is 0.476 e. The highest BCUT2D eigenvalue weighted by Gasteiger charge is 2.29. The number of benzene rings is 1. The second-order valence-corrected chi connectivity index (χ2v) is 9.78. The van der Waals surface area contributed by atoms with Gasteiger partial charge in [-0.2, -0.15) is 0 Å². The Bertz CT molecular complexity index is 1480. The number of hydrogen-bond donors (Lipinski definition) is 1. The van der Waals surface area contributed by atoms with Gasteiger partial charge in [0.25, 0.3) is 5.91 Å². The van der Waals surface area contributed by atoms with Crippen LogP contribution >= 0.6 is 11.3 Å². The van der Waals surface area contributed by atoms with Crippen molar-refractivity contribution in [1.29, 1.82) is 0 Å². The Morgan fingerprint density at radius 3 is 2.81 bits per heavy atom. The zero-order valence-electron chi connectivity index (χ0n) is 19.9. The molecule has 9 heteroatoms. The van der Waals surface area contributed by atoms with Crippen LogP contribution in [0.15, 0.2) is 56.3 Å². The number of furan rings is 1. The molecule has 1 aliphatic carbocycles. The molecule has 1 N–H and O–H groups in total. The van der Waals surface area contributed by atoms with Gasteiger partial charge in [-0.25, -0.2) is 4.79 Å². The van der Waals surface area contributed by atoms with Crippen LogP contribution < -0.4 is 15.5 Å². The zero-order valence-corrected chi connectivity index (χ0v) is 20.7. The van der Waals surface area contributed by atoms with Crippen LogP contribution in [0.4, 0.5) is 5.00 Å². The van der Waals surface area contributed by atoms with Crippen LogP contribution in [0, 0.1) is 5.92 Å². The van der Waals surface area contributed by atoms with E-state index >= 15 is 0 Å². The molecule has 186 valence electrons. The van der Waals surface area contributed by atoms with E-state index in [1.807, 2.05) is 0 Å². The second-order valence-electron chi connectivity index (χ2n) is 8.68. The van der Waals surface area contributed by atoms with Crippen molar-refractivity contribution in [3.63, 3.8) is 0 Å². The summed E-state index contributed by atoms with van der Waals surface area (Å²) in [6.45, 7) is 3.70. The van der Waals surface area contributed by atoms with Crippen LogP contribution in [0.5, 0.6) is 5.75 Å². The third-order valence-corrected chi connectivity index (χ3v) is 7.26. The predicted octanol–water partition coefficient (Wildman–Crippen LogP) is 5.43. The summed E-state index contributed by atoms with van der Waals surface area (Å²) in [5.74, 6) is -0.169. The number of ether oxygens (including phenoxy) is 2. The maximum atomic E-state index is 13.2. The molecule has 0 saturated heterocycles. The van der Waals surface area contributed by atoms with Crippen LogP contribution in [-0.2, 0) is 22.4 Å². The number of rotatable bonds is 7. The minimum Gasteiger partial charge on any atom is -0.476 e. The molecule has 0 bridgehead atoms. The van der Waals surface area contributed by atoms with Gasteiger partial charge in [-0.3, -0.25) is 9.59 Å². The fraction of sp³-hybridized carbons (Fsp3) is 0.296. The van der Waals surface area contributed by atoms with Gasteiger partial charge in [0.05, 0.1) is 23.8 Å². The first-order valence-electron chi connectivity index (χ1n) is 11.8. The van der Waals surface area contributed by atoms with Gasteiger partial charge in [0, 0.05) is 4.88 Å². The van der Waals surface area contributed by atoms with E-state index in [0.717, 1.165) is 29.7 Å². The first-order chi connectivity index (χ1) is 17.5. The van der Waals surface area contributed by atoms with Gasteiger partial charge in [-0.15, -0.1) is 11.3 Å². The number of hydrogen-bond acceptors (Lipinski definition) is 8. The van der Waals surface area contributed by atoms with Crippen molar-refractivity contribution in [2.24, 2.45) is 5.92 Å². The SMILES string of the molecule is CCOC(=O)c1c(NC(=O)COc2c(-c3ccco3)oc3ccccc3c2=O)sc2c1CC[C@H](C)C2. The molecule has 3 heterocycles. The van der Waals surface area contributed by atoms with Gasteiger partial charge >= 0.3 is 5.97 Å². The van der Waals surface area contributed by atoms with Crippen molar-refractivity contribution in [2.75, 3.05) is 18.5 Å². The summed E-state index contributed by atoms with van der Waals surface area (Å²) in [7, 11) is 0. The fourth-order valence-corrected chi connectivity index (χ4v) is 5.80. The lowest BCUT2D eigenvalue weighted by atomic mass is 9.88. The molecule has 1 aliphatic rings. The summed E-state index contributed by atoms with van der Waals surface area (Å²) in [4.78, 5) is 39.9. The van der Waals surface area contributed by atoms with E-state index in [1.165, 1.54) is 17.6 Å². The Labute approximate surface area is 210 Å². The third kappa shape index (κ3) is 4.54. The molecule has 0 fully saturated rings. The summed E-state index contributed by atoms with van der Waals surface area (Å²) in [5.41, 5.74) is 1.33. The van der Waals surface area contributed by atoms with Gasteiger partial charge in [0.15, 0.2) is 12.4 Å². The fourth-order valence-electron chi connectivity index (χ4n) is 4.38. The predicted molar refractivity (Wildman–Crippen MR) is 136 cm³/mol. The second kappa shape index (κ2) is 10.0.